The average molecular weight is 360 g/mol. The van der Waals surface area contributed by atoms with Crippen molar-refractivity contribution in [2.24, 2.45) is 0 Å². The first-order chi connectivity index (χ1) is 12.1. The summed E-state index contributed by atoms with van der Waals surface area (Å²) in [4.78, 5) is 1.85. The molecule has 4 nitrogen and oxygen atoms in total. The van der Waals surface area contributed by atoms with Gasteiger partial charge in [-0.1, -0.05) is 18.2 Å². The first kappa shape index (κ1) is 17.6. The molecule has 1 atom stereocenters. The zero-order valence-electron chi connectivity index (χ0n) is 13.8. The molecule has 1 aliphatic heterocycles. The zero-order chi connectivity index (χ0) is 17.6. The number of anilines is 1. The summed E-state index contributed by atoms with van der Waals surface area (Å²) in [5, 5.41) is 13.8. The van der Waals surface area contributed by atoms with Crippen molar-refractivity contribution < 1.29 is 14.2 Å². The molecule has 0 unspecified atom stereocenters. The van der Waals surface area contributed by atoms with Gasteiger partial charge in [-0.3, -0.25) is 0 Å². The summed E-state index contributed by atoms with van der Waals surface area (Å²) in [5.41, 5.74) is 1.50. The fraction of sp³-hybridized carbons (Fsp3) is 0.316. The number of nitrogens with zero attached hydrogens (tertiary/aromatic N) is 1. The van der Waals surface area contributed by atoms with Gasteiger partial charge >= 0.3 is 0 Å². The molecule has 0 saturated carbocycles. The Morgan fingerprint density at radius 3 is 2.68 bits per heavy atom. The molecule has 0 radical (unpaired) electrons. The van der Waals surface area contributed by atoms with E-state index in [4.69, 9.17) is 17.0 Å². The third-order valence-electron chi connectivity index (χ3n) is 4.21. The van der Waals surface area contributed by atoms with E-state index >= 15 is 0 Å². The SMILES string of the molecule is Oc1ccccc1CN(C(=S)NC[C@@H]1CCCO1)c1ccc(F)cc1. The molecule has 3 rings (SSSR count). The molecule has 2 N–H and O–H groups in total. The van der Waals surface area contributed by atoms with Crippen LogP contribution in [-0.4, -0.2) is 29.5 Å². The maximum Gasteiger partial charge on any atom is 0.173 e. The maximum atomic E-state index is 13.3. The van der Waals surface area contributed by atoms with E-state index in [-0.39, 0.29) is 17.7 Å². The van der Waals surface area contributed by atoms with Crippen molar-refractivity contribution in [3.63, 3.8) is 0 Å². The fourth-order valence-electron chi connectivity index (χ4n) is 2.82. The lowest BCUT2D eigenvalue weighted by molar-refractivity contribution is 0.114. The van der Waals surface area contributed by atoms with Crippen LogP contribution >= 0.6 is 12.2 Å². The van der Waals surface area contributed by atoms with Crippen LogP contribution in [0, 0.1) is 5.82 Å². The van der Waals surface area contributed by atoms with Crippen LogP contribution in [0.25, 0.3) is 0 Å². The van der Waals surface area contributed by atoms with Crippen molar-refractivity contribution >= 4 is 23.0 Å². The molecule has 0 amide bonds. The van der Waals surface area contributed by atoms with E-state index in [1.807, 2.05) is 17.0 Å². The number of ether oxygens (including phenoxy) is 1. The monoisotopic (exact) mass is 360 g/mol. The summed E-state index contributed by atoms with van der Waals surface area (Å²) in [7, 11) is 0. The van der Waals surface area contributed by atoms with Crippen LogP contribution in [0.4, 0.5) is 10.1 Å². The van der Waals surface area contributed by atoms with E-state index in [9.17, 15) is 9.50 Å². The molecule has 2 aromatic carbocycles. The smallest absolute Gasteiger partial charge is 0.173 e. The van der Waals surface area contributed by atoms with Crippen LogP contribution in [-0.2, 0) is 11.3 Å². The Morgan fingerprint density at radius 1 is 1.24 bits per heavy atom. The Balaban J connectivity index is 1.76. The van der Waals surface area contributed by atoms with Gasteiger partial charge in [0.2, 0.25) is 0 Å². The lowest BCUT2D eigenvalue weighted by Gasteiger charge is -2.27. The van der Waals surface area contributed by atoms with Gasteiger partial charge in [0.25, 0.3) is 0 Å². The molecule has 0 spiro atoms. The Bertz CT molecular complexity index is 718. The third kappa shape index (κ3) is 4.67. The number of phenolic OH excluding ortho intramolecular Hbond substituents is 1. The van der Waals surface area contributed by atoms with Gasteiger partial charge < -0.3 is 20.1 Å². The molecule has 1 fully saturated rings. The van der Waals surface area contributed by atoms with E-state index in [0.717, 1.165) is 30.7 Å². The molecule has 6 heteroatoms. The van der Waals surface area contributed by atoms with Gasteiger partial charge in [-0.25, -0.2) is 4.39 Å². The van der Waals surface area contributed by atoms with Crippen LogP contribution in [0.3, 0.4) is 0 Å². The number of aromatic hydroxyl groups is 1. The number of rotatable bonds is 5. The molecular weight excluding hydrogens is 339 g/mol. The van der Waals surface area contributed by atoms with Crippen LogP contribution < -0.4 is 10.2 Å². The van der Waals surface area contributed by atoms with E-state index in [1.165, 1.54) is 12.1 Å². The zero-order valence-corrected chi connectivity index (χ0v) is 14.6. The van der Waals surface area contributed by atoms with E-state index in [1.54, 1.807) is 24.3 Å². The normalized spacial score (nSPS) is 16.6. The predicted octanol–water partition coefficient (Wildman–Crippen LogP) is 3.59. The van der Waals surface area contributed by atoms with Crippen molar-refractivity contribution in [3.8, 4) is 5.75 Å². The number of benzene rings is 2. The van der Waals surface area contributed by atoms with Crippen molar-refractivity contribution in [2.75, 3.05) is 18.1 Å². The second kappa shape index (κ2) is 8.27. The van der Waals surface area contributed by atoms with E-state index in [2.05, 4.69) is 5.32 Å². The summed E-state index contributed by atoms with van der Waals surface area (Å²) < 4.78 is 18.9. The topological polar surface area (TPSA) is 44.7 Å². The van der Waals surface area contributed by atoms with Gasteiger partial charge in [-0.2, -0.15) is 0 Å². The van der Waals surface area contributed by atoms with Crippen LogP contribution in [0.1, 0.15) is 18.4 Å². The van der Waals surface area contributed by atoms with Gasteiger partial charge in [-0.15, -0.1) is 0 Å². The van der Waals surface area contributed by atoms with Crippen LogP contribution in [0.15, 0.2) is 48.5 Å². The fourth-order valence-corrected chi connectivity index (χ4v) is 3.07. The molecule has 132 valence electrons. The number of nitrogens with one attached hydrogen (secondary N) is 1. The standard InChI is InChI=1S/C19H21FN2O2S/c20-15-7-9-16(10-8-15)22(13-14-4-1-2-6-18(14)23)19(25)21-12-17-5-3-11-24-17/h1-2,4,6-10,17,23H,3,5,11-13H2,(H,21,25)/t17-/m0/s1. The minimum Gasteiger partial charge on any atom is -0.508 e. The Hall–Kier alpha value is -2.18. The predicted molar refractivity (Wildman–Crippen MR) is 100 cm³/mol. The summed E-state index contributed by atoms with van der Waals surface area (Å²) in [6.45, 7) is 1.81. The number of para-hydroxylation sites is 1. The van der Waals surface area contributed by atoms with Crippen molar-refractivity contribution in [3.05, 3.63) is 59.9 Å². The summed E-state index contributed by atoms with van der Waals surface area (Å²) >= 11 is 5.55. The lowest BCUT2D eigenvalue weighted by atomic mass is 10.1. The largest absolute Gasteiger partial charge is 0.508 e. The molecule has 1 heterocycles. The quantitative estimate of drug-likeness (QED) is 0.798. The molecule has 1 aliphatic rings. The lowest BCUT2D eigenvalue weighted by Crippen LogP contribution is -2.42. The Kier molecular flexibility index (Phi) is 5.83. The number of phenols is 1. The molecule has 0 bridgehead atoms. The second-order valence-corrected chi connectivity index (χ2v) is 6.40. The number of hydrogen-bond acceptors (Lipinski definition) is 3. The minimum absolute atomic E-state index is 0.165. The first-order valence-electron chi connectivity index (χ1n) is 8.33. The molecule has 1 saturated heterocycles. The maximum absolute atomic E-state index is 13.3. The number of thiocarbonyl (C=S) groups is 1. The molecule has 2 aromatic rings. The highest BCUT2D eigenvalue weighted by atomic mass is 32.1. The van der Waals surface area contributed by atoms with Gasteiger partial charge in [0.1, 0.15) is 11.6 Å². The summed E-state index contributed by atoms with van der Waals surface area (Å²) in [6.07, 6.45) is 2.25. The highest BCUT2D eigenvalue weighted by molar-refractivity contribution is 7.80. The van der Waals surface area contributed by atoms with E-state index < -0.39 is 0 Å². The highest BCUT2D eigenvalue weighted by Gasteiger charge is 2.19. The summed E-state index contributed by atoms with van der Waals surface area (Å²) in [6, 6.07) is 13.3. The van der Waals surface area contributed by atoms with Crippen molar-refractivity contribution in [2.45, 2.75) is 25.5 Å². The molecule has 0 aromatic heterocycles. The van der Waals surface area contributed by atoms with Crippen LogP contribution in [0.2, 0.25) is 0 Å². The highest BCUT2D eigenvalue weighted by Crippen LogP contribution is 2.23. The number of halogens is 1. The average Bonchev–Trinajstić information content (AvgIpc) is 3.13. The first-order valence-corrected chi connectivity index (χ1v) is 8.74. The van der Waals surface area contributed by atoms with Crippen LogP contribution in [0.5, 0.6) is 5.75 Å². The van der Waals surface area contributed by atoms with Gasteiger partial charge in [0, 0.05) is 24.4 Å². The van der Waals surface area contributed by atoms with E-state index in [0.29, 0.717) is 18.2 Å². The molecule has 0 aliphatic carbocycles. The van der Waals surface area contributed by atoms with Gasteiger partial charge in [-0.05, 0) is 55.4 Å². The summed E-state index contributed by atoms with van der Waals surface area (Å²) in [5.74, 6) is -0.0963. The Labute approximate surface area is 152 Å². The number of hydrogen-bond donors (Lipinski definition) is 2. The van der Waals surface area contributed by atoms with Crippen molar-refractivity contribution in [1.29, 1.82) is 0 Å². The second-order valence-electron chi connectivity index (χ2n) is 6.01. The van der Waals surface area contributed by atoms with Gasteiger partial charge in [0.05, 0.1) is 12.6 Å². The minimum atomic E-state index is -0.301. The molecular formula is C19H21FN2O2S. The van der Waals surface area contributed by atoms with Gasteiger partial charge in [0.15, 0.2) is 5.11 Å². The molecule has 25 heavy (non-hydrogen) atoms. The van der Waals surface area contributed by atoms with Crippen molar-refractivity contribution in [1.82, 2.24) is 5.32 Å². The third-order valence-corrected chi connectivity index (χ3v) is 4.57. The Morgan fingerprint density at radius 2 is 2.00 bits per heavy atom.